The van der Waals surface area contributed by atoms with Crippen LogP contribution in [0.15, 0.2) is 30.9 Å². The quantitative estimate of drug-likeness (QED) is 0.247. The summed E-state index contributed by atoms with van der Waals surface area (Å²) in [5, 5.41) is 14.8. The minimum atomic E-state index is -0.636. The van der Waals surface area contributed by atoms with Gasteiger partial charge >= 0.3 is 0 Å². The molecule has 2 fully saturated rings. The van der Waals surface area contributed by atoms with Crippen LogP contribution in [0.3, 0.4) is 0 Å². The lowest BCUT2D eigenvalue weighted by atomic mass is 9.62. The van der Waals surface area contributed by atoms with E-state index in [1.165, 1.54) is 4.90 Å². The van der Waals surface area contributed by atoms with Gasteiger partial charge < -0.3 is 25.2 Å². The highest BCUT2D eigenvalue weighted by atomic mass is 16.5. The molecule has 0 aromatic heterocycles. The summed E-state index contributed by atoms with van der Waals surface area (Å²) in [5.74, 6) is -0.587. The van der Waals surface area contributed by atoms with Crippen molar-refractivity contribution in [3.8, 4) is 0 Å². The second-order valence-corrected chi connectivity index (χ2v) is 9.96. The van der Waals surface area contributed by atoms with Gasteiger partial charge in [0.1, 0.15) is 6.04 Å². The number of nitrogens with zero attached hydrogens (tertiary/aromatic N) is 2. The molecule has 1 aromatic carbocycles. The summed E-state index contributed by atoms with van der Waals surface area (Å²) in [7, 11) is 3.14. The first-order valence-electron chi connectivity index (χ1n) is 12.5. The van der Waals surface area contributed by atoms with Crippen LogP contribution < -0.4 is 5.32 Å². The molecule has 8 nitrogen and oxygen atoms in total. The molecule has 192 valence electrons. The van der Waals surface area contributed by atoms with E-state index in [0.717, 1.165) is 55.8 Å². The molecule has 1 atom stereocenters. The molecule has 8 heteroatoms. The van der Waals surface area contributed by atoms with Gasteiger partial charge in [0.15, 0.2) is 6.29 Å². The summed E-state index contributed by atoms with van der Waals surface area (Å²) >= 11 is 0. The van der Waals surface area contributed by atoms with E-state index >= 15 is 0 Å². The molecule has 1 saturated carbocycles. The number of rotatable bonds is 14. The smallest absolute Gasteiger partial charge is 0.255 e. The highest BCUT2D eigenvalue weighted by Gasteiger charge is 2.49. The molecule has 0 radical (unpaired) electrons. The number of aldehydes is 1. The third-order valence-corrected chi connectivity index (χ3v) is 7.26. The van der Waals surface area contributed by atoms with Crippen molar-refractivity contribution in [1.82, 2.24) is 15.3 Å². The summed E-state index contributed by atoms with van der Waals surface area (Å²) in [6.07, 6.45) is 9.50. The molecule has 2 amide bonds. The zero-order chi connectivity index (χ0) is 25.4. The second kappa shape index (κ2) is 12.4. The first-order chi connectivity index (χ1) is 16.8. The van der Waals surface area contributed by atoms with Gasteiger partial charge in [-0.25, -0.2) is 0 Å². The number of aryl methyl sites for hydroxylation is 1. The number of nitrogens with one attached hydrogen (secondary N) is 1. The van der Waals surface area contributed by atoms with Gasteiger partial charge in [0.2, 0.25) is 5.91 Å². The summed E-state index contributed by atoms with van der Waals surface area (Å²) in [6.45, 7) is 5.75. The van der Waals surface area contributed by atoms with Crippen molar-refractivity contribution in [3.05, 3.63) is 52.8 Å². The highest BCUT2D eigenvalue weighted by Crippen LogP contribution is 2.49. The lowest BCUT2D eigenvalue weighted by Gasteiger charge is -2.62. The molecule has 3 rings (SSSR count). The summed E-state index contributed by atoms with van der Waals surface area (Å²) in [5.41, 5.74) is 1.88. The van der Waals surface area contributed by atoms with Crippen LogP contribution in [0.2, 0.25) is 0 Å². The average molecular weight is 485 g/mol. The fraction of sp³-hybridized carbons (Fsp3) is 0.593. The fourth-order valence-electron chi connectivity index (χ4n) is 5.16. The van der Waals surface area contributed by atoms with Crippen molar-refractivity contribution in [1.29, 1.82) is 0 Å². The van der Waals surface area contributed by atoms with Crippen molar-refractivity contribution < 1.29 is 19.1 Å². The first kappa shape index (κ1) is 27.0. The Morgan fingerprint density at radius 3 is 2.69 bits per heavy atom. The van der Waals surface area contributed by atoms with Crippen LogP contribution in [-0.4, -0.2) is 74.0 Å². The molecule has 1 aliphatic heterocycles. The SMILES string of the molecule is C=CCCC(C(=O)NC)N(C)C(=O)c1cc(CCCCCOC2CC3(C2)CN([O-])C3)ccc1C=O. The van der Waals surface area contributed by atoms with E-state index in [0.29, 0.717) is 49.4 Å². The van der Waals surface area contributed by atoms with Crippen molar-refractivity contribution in [2.45, 2.75) is 63.5 Å². The third-order valence-electron chi connectivity index (χ3n) is 7.26. The first-order valence-corrected chi connectivity index (χ1v) is 12.5. The maximum Gasteiger partial charge on any atom is 0.255 e. The maximum atomic E-state index is 13.2. The summed E-state index contributed by atoms with van der Waals surface area (Å²) in [4.78, 5) is 38.6. The van der Waals surface area contributed by atoms with Crippen LogP contribution in [0, 0.1) is 10.6 Å². The number of amides is 2. The number of hydrogen-bond acceptors (Lipinski definition) is 6. The molecule has 1 unspecified atom stereocenters. The molecule has 0 bridgehead atoms. The Kier molecular flexibility index (Phi) is 9.60. The normalized spacial score (nSPS) is 17.8. The van der Waals surface area contributed by atoms with Gasteiger partial charge in [-0.15, -0.1) is 6.58 Å². The molecular weight excluding hydrogens is 446 g/mol. The predicted octanol–water partition coefficient (Wildman–Crippen LogP) is 3.34. The van der Waals surface area contributed by atoms with Crippen LogP contribution in [0.1, 0.15) is 71.2 Å². The van der Waals surface area contributed by atoms with Crippen LogP contribution in [0.25, 0.3) is 0 Å². The van der Waals surface area contributed by atoms with E-state index in [9.17, 15) is 19.6 Å². The lowest BCUT2D eigenvalue weighted by molar-refractivity contribution is -0.138. The molecule has 2 aliphatic rings. The minimum absolute atomic E-state index is 0.245. The van der Waals surface area contributed by atoms with Gasteiger partial charge in [0, 0.05) is 26.3 Å². The standard InChI is InChI=1S/C27H38N3O5/c1-4-5-10-24(25(32)28-2)29(3)26(33)23-14-20(11-12-21(23)17-31)9-7-6-8-13-35-22-15-27(16-22)18-30(34)19-27/h4,11-12,14,17,22,24H,1,5-10,13,15-16,18-19H2,2-3H3,(H,28,32)/q-1. The zero-order valence-electron chi connectivity index (χ0n) is 21.0. The Morgan fingerprint density at radius 2 is 2.06 bits per heavy atom. The Balaban J connectivity index is 1.47. The Morgan fingerprint density at radius 1 is 1.31 bits per heavy atom. The molecule has 1 spiro atoms. The Bertz CT molecular complexity index is 904. The third kappa shape index (κ3) is 6.78. The number of likely N-dealkylation sites (N-methyl/N-ethyl adjacent to an activating group) is 2. The highest BCUT2D eigenvalue weighted by molar-refractivity contribution is 6.03. The van der Waals surface area contributed by atoms with E-state index in [-0.39, 0.29) is 17.2 Å². The average Bonchev–Trinajstić information content (AvgIpc) is 2.82. The van der Waals surface area contributed by atoms with Gasteiger partial charge in [-0.3, -0.25) is 14.4 Å². The number of hydrogen-bond donors (Lipinski definition) is 1. The number of hydroxylamine groups is 2. The Labute approximate surface area is 208 Å². The van der Waals surface area contributed by atoms with Crippen molar-refractivity contribution >= 4 is 18.1 Å². The van der Waals surface area contributed by atoms with E-state index in [1.54, 1.807) is 32.3 Å². The monoisotopic (exact) mass is 484 g/mol. The van der Waals surface area contributed by atoms with Gasteiger partial charge in [-0.05, 0) is 75.1 Å². The second-order valence-electron chi connectivity index (χ2n) is 9.96. The van der Waals surface area contributed by atoms with Crippen LogP contribution in [-0.2, 0) is 16.0 Å². The number of benzene rings is 1. The molecule has 1 aliphatic carbocycles. The maximum absolute atomic E-state index is 13.2. The van der Waals surface area contributed by atoms with Gasteiger partial charge in [0.05, 0.1) is 11.7 Å². The van der Waals surface area contributed by atoms with Gasteiger partial charge in [-0.1, -0.05) is 24.6 Å². The van der Waals surface area contributed by atoms with Crippen molar-refractivity contribution in [2.75, 3.05) is 33.8 Å². The zero-order valence-corrected chi connectivity index (χ0v) is 21.0. The van der Waals surface area contributed by atoms with Crippen molar-refractivity contribution in [3.63, 3.8) is 0 Å². The minimum Gasteiger partial charge on any atom is -0.785 e. The number of unbranched alkanes of at least 4 members (excludes halogenated alkanes) is 2. The number of carbonyl (C=O) groups is 3. The largest absolute Gasteiger partial charge is 0.785 e. The van der Waals surface area contributed by atoms with E-state index < -0.39 is 6.04 Å². The summed E-state index contributed by atoms with van der Waals surface area (Å²) in [6, 6.07) is 4.71. The molecule has 1 N–H and O–H groups in total. The number of ether oxygens (including phenoxy) is 1. The molecular formula is C27H38N3O5-. The molecule has 1 saturated heterocycles. The van der Waals surface area contributed by atoms with Crippen LogP contribution in [0.4, 0.5) is 0 Å². The predicted molar refractivity (Wildman–Crippen MR) is 135 cm³/mol. The summed E-state index contributed by atoms with van der Waals surface area (Å²) < 4.78 is 5.93. The lowest BCUT2D eigenvalue weighted by Crippen LogP contribution is -2.62. The molecule has 1 heterocycles. The number of allylic oxidation sites excluding steroid dienone is 1. The van der Waals surface area contributed by atoms with Crippen LogP contribution >= 0.6 is 0 Å². The van der Waals surface area contributed by atoms with Crippen LogP contribution in [0.5, 0.6) is 0 Å². The van der Waals surface area contributed by atoms with Crippen molar-refractivity contribution in [2.24, 2.45) is 5.41 Å². The van der Waals surface area contributed by atoms with E-state index in [2.05, 4.69) is 11.9 Å². The van der Waals surface area contributed by atoms with Gasteiger partial charge in [0.25, 0.3) is 5.91 Å². The fourth-order valence-corrected chi connectivity index (χ4v) is 5.16. The number of carbonyl (C=O) groups excluding carboxylic acids is 3. The van der Waals surface area contributed by atoms with Gasteiger partial charge in [-0.2, -0.15) is 0 Å². The molecule has 35 heavy (non-hydrogen) atoms. The van der Waals surface area contributed by atoms with E-state index in [1.807, 2.05) is 6.07 Å². The van der Waals surface area contributed by atoms with E-state index in [4.69, 9.17) is 4.74 Å². The molecule has 1 aromatic rings. The topological polar surface area (TPSA) is 102 Å². The Hall–Kier alpha value is -2.55.